The lowest BCUT2D eigenvalue weighted by Gasteiger charge is -1.94. The Labute approximate surface area is 52.7 Å². The van der Waals surface area contributed by atoms with Gasteiger partial charge in [0, 0.05) is 5.70 Å². The number of hydrogen-bond donors (Lipinski definition) is 1. The van der Waals surface area contributed by atoms with Crippen LogP contribution in [0.1, 0.15) is 6.92 Å². The highest BCUT2D eigenvalue weighted by Crippen LogP contribution is 2.12. The van der Waals surface area contributed by atoms with Gasteiger partial charge in [-0.25, -0.2) is 0 Å². The van der Waals surface area contributed by atoms with Crippen LogP contribution in [0.2, 0.25) is 0 Å². The van der Waals surface area contributed by atoms with E-state index < -0.39 is 5.91 Å². The van der Waals surface area contributed by atoms with Crippen LogP contribution in [0.5, 0.6) is 0 Å². The van der Waals surface area contributed by atoms with Gasteiger partial charge in [0.05, 0.1) is 5.92 Å². The third-order valence-corrected chi connectivity index (χ3v) is 1.41. The van der Waals surface area contributed by atoms with Crippen molar-refractivity contribution in [2.75, 3.05) is 0 Å². The fourth-order valence-electron chi connectivity index (χ4n) is 0.671. The van der Waals surface area contributed by atoms with Crippen molar-refractivity contribution in [3.63, 3.8) is 0 Å². The van der Waals surface area contributed by atoms with E-state index in [2.05, 4.69) is 11.9 Å². The molecule has 1 aliphatic rings. The van der Waals surface area contributed by atoms with E-state index in [1.54, 1.807) is 6.92 Å². The Hall–Kier alpha value is -1.12. The maximum atomic E-state index is 10.6. The highest BCUT2D eigenvalue weighted by molar-refractivity contribution is 6.40. The molecule has 1 atom stereocenters. The molecule has 9 heavy (non-hydrogen) atoms. The third-order valence-electron chi connectivity index (χ3n) is 1.41. The van der Waals surface area contributed by atoms with E-state index in [4.69, 9.17) is 0 Å². The Kier molecular flexibility index (Phi) is 1.12. The molecule has 0 aromatic heterocycles. The fourth-order valence-corrected chi connectivity index (χ4v) is 0.671. The van der Waals surface area contributed by atoms with Crippen molar-refractivity contribution >= 4 is 11.7 Å². The first-order valence-corrected chi connectivity index (χ1v) is 2.67. The maximum Gasteiger partial charge on any atom is 0.292 e. The molecule has 1 fully saturated rings. The average molecular weight is 125 g/mol. The summed E-state index contributed by atoms with van der Waals surface area (Å²) in [4.78, 5) is 21.1. The highest BCUT2D eigenvalue weighted by Gasteiger charge is 2.31. The van der Waals surface area contributed by atoms with Gasteiger partial charge in [0.25, 0.3) is 5.91 Å². The number of nitrogens with one attached hydrogen (secondary N) is 1. The molecule has 0 aromatic rings. The number of ketones is 1. The minimum absolute atomic E-state index is 0.336. The lowest BCUT2D eigenvalue weighted by Crippen LogP contribution is -2.17. The van der Waals surface area contributed by atoms with Crippen LogP contribution >= 0.6 is 0 Å². The van der Waals surface area contributed by atoms with E-state index in [9.17, 15) is 9.59 Å². The van der Waals surface area contributed by atoms with Crippen molar-refractivity contribution in [1.82, 2.24) is 5.32 Å². The number of allylic oxidation sites excluding steroid dienone is 1. The van der Waals surface area contributed by atoms with Gasteiger partial charge in [-0.1, -0.05) is 6.58 Å². The van der Waals surface area contributed by atoms with Gasteiger partial charge in [-0.3, -0.25) is 9.59 Å². The summed E-state index contributed by atoms with van der Waals surface area (Å²) < 4.78 is 0. The molecule has 1 unspecified atom stereocenters. The highest BCUT2D eigenvalue weighted by atomic mass is 16.2. The molecule has 1 rings (SSSR count). The van der Waals surface area contributed by atoms with E-state index in [-0.39, 0.29) is 11.7 Å². The average Bonchev–Trinajstić information content (AvgIpc) is 1.98. The minimum Gasteiger partial charge on any atom is -0.323 e. The van der Waals surface area contributed by atoms with Crippen molar-refractivity contribution in [2.24, 2.45) is 5.92 Å². The topological polar surface area (TPSA) is 46.2 Å². The number of carbonyl (C=O) groups is 2. The van der Waals surface area contributed by atoms with E-state index >= 15 is 0 Å². The second kappa shape index (κ2) is 1.69. The molecule has 48 valence electrons. The van der Waals surface area contributed by atoms with E-state index in [1.807, 2.05) is 0 Å². The Bertz CT molecular complexity index is 195. The summed E-state index contributed by atoms with van der Waals surface area (Å²) in [6, 6.07) is 0. The summed E-state index contributed by atoms with van der Waals surface area (Å²) >= 11 is 0. The van der Waals surface area contributed by atoms with Gasteiger partial charge in [-0.15, -0.1) is 0 Å². The molecule has 0 aromatic carbocycles. The molecular formula is C6H7NO2. The molecule has 0 radical (unpaired) electrons. The summed E-state index contributed by atoms with van der Waals surface area (Å²) in [5, 5.41) is 2.33. The molecule has 0 spiro atoms. The van der Waals surface area contributed by atoms with E-state index in [0.29, 0.717) is 5.70 Å². The third kappa shape index (κ3) is 0.740. The number of rotatable bonds is 0. The standard InChI is InChI=1S/C6H7NO2/c1-3-4(2)7-6(9)5(3)8/h3H,2H2,1H3,(H,7,9). The molecule has 0 bridgehead atoms. The zero-order chi connectivity index (χ0) is 7.02. The predicted octanol–water partition coefficient (Wildman–Crippen LogP) is -0.165. The van der Waals surface area contributed by atoms with Gasteiger partial charge in [0.1, 0.15) is 0 Å². The summed E-state index contributed by atoms with van der Waals surface area (Å²) in [5.74, 6) is -1.26. The number of amides is 1. The van der Waals surface area contributed by atoms with Crippen molar-refractivity contribution in [3.05, 3.63) is 12.3 Å². The van der Waals surface area contributed by atoms with Crippen molar-refractivity contribution < 1.29 is 9.59 Å². The largest absolute Gasteiger partial charge is 0.323 e. The van der Waals surface area contributed by atoms with Gasteiger partial charge in [0.15, 0.2) is 0 Å². The first kappa shape index (κ1) is 6.01. The molecule has 1 aliphatic heterocycles. The van der Waals surface area contributed by atoms with Crippen LogP contribution in [0.15, 0.2) is 12.3 Å². The molecule has 3 nitrogen and oxygen atoms in total. The van der Waals surface area contributed by atoms with Crippen LogP contribution in [-0.2, 0) is 9.59 Å². The zero-order valence-corrected chi connectivity index (χ0v) is 5.10. The molecule has 1 saturated heterocycles. The number of carbonyl (C=O) groups excluding carboxylic acids is 2. The van der Waals surface area contributed by atoms with Gasteiger partial charge >= 0.3 is 0 Å². The van der Waals surface area contributed by atoms with Crippen LogP contribution in [0.4, 0.5) is 0 Å². The Morgan fingerprint density at radius 2 is 2.11 bits per heavy atom. The van der Waals surface area contributed by atoms with Gasteiger partial charge < -0.3 is 5.32 Å². The smallest absolute Gasteiger partial charge is 0.292 e. The summed E-state index contributed by atoms with van der Waals surface area (Å²) in [7, 11) is 0. The Morgan fingerprint density at radius 3 is 2.22 bits per heavy atom. The van der Waals surface area contributed by atoms with Crippen LogP contribution in [0.25, 0.3) is 0 Å². The van der Waals surface area contributed by atoms with Gasteiger partial charge in [0.2, 0.25) is 5.78 Å². The van der Waals surface area contributed by atoms with Gasteiger partial charge in [-0.05, 0) is 6.92 Å². The Balaban J connectivity index is 2.90. The first-order chi connectivity index (χ1) is 4.13. The maximum absolute atomic E-state index is 10.6. The Morgan fingerprint density at radius 1 is 1.56 bits per heavy atom. The molecular weight excluding hydrogens is 118 g/mol. The number of hydrogen-bond acceptors (Lipinski definition) is 2. The van der Waals surface area contributed by atoms with Crippen LogP contribution in [0, 0.1) is 5.92 Å². The summed E-state index contributed by atoms with van der Waals surface area (Å²) in [6.07, 6.45) is 0. The van der Waals surface area contributed by atoms with Crippen molar-refractivity contribution in [1.29, 1.82) is 0 Å². The lowest BCUT2D eigenvalue weighted by molar-refractivity contribution is -0.136. The summed E-state index contributed by atoms with van der Waals surface area (Å²) in [5.41, 5.74) is 0.505. The normalized spacial score (nSPS) is 26.8. The molecule has 1 amide bonds. The SMILES string of the molecule is C=C1NC(=O)C(=O)C1C. The molecule has 3 heteroatoms. The van der Waals surface area contributed by atoms with E-state index in [1.165, 1.54) is 0 Å². The minimum atomic E-state index is -0.535. The van der Waals surface area contributed by atoms with Gasteiger partial charge in [-0.2, -0.15) is 0 Å². The van der Waals surface area contributed by atoms with Crippen LogP contribution in [0.3, 0.4) is 0 Å². The summed E-state index contributed by atoms with van der Waals surface area (Å²) in [6.45, 7) is 5.14. The molecule has 1 heterocycles. The van der Waals surface area contributed by atoms with Crippen LogP contribution in [-0.4, -0.2) is 11.7 Å². The lowest BCUT2D eigenvalue weighted by atomic mass is 10.1. The van der Waals surface area contributed by atoms with Crippen molar-refractivity contribution in [2.45, 2.75) is 6.92 Å². The van der Waals surface area contributed by atoms with Crippen molar-refractivity contribution in [3.8, 4) is 0 Å². The molecule has 0 aliphatic carbocycles. The first-order valence-electron chi connectivity index (χ1n) is 2.67. The fraction of sp³-hybridized carbons (Fsp3) is 0.333. The molecule has 0 saturated carbocycles. The second-order valence-corrected chi connectivity index (χ2v) is 2.07. The van der Waals surface area contributed by atoms with Crippen LogP contribution < -0.4 is 5.32 Å². The predicted molar refractivity (Wildman–Crippen MR) is 31.5 cm³/mol. The second-order valence-electron chi connectivity index (χ2n) is 2.07. The zero-order valence-electron chi connectivity index (χ0n) is 5.10. The van der Waals surface area contributed by atoms with E-state index in [0.717, 1.165) is 0 Å². The molecule has 1 N–H and O–H groups in total. The quantitative estimate of drug-likeness (QED) is 0.457. The number of Topliss-reactive ketones (excluding diaryl/α,β-unsaturated/α-hetero) is 1. The monoisotopic (exact) mass is 125 g/mol.